The zero-order valence-electron chi connectivity index (χ0n) is 19.5. The van der Waals surface area contributed by atoms with E-state index in [-0.39, 0.29) is 37.1 Å². The van der Waals surface area contributed by atoms with Crippen molar-refractivity contribution in [2.75, 3.05) is 23.4 Å². The molecule has 3 aliphatic rings. The molecule has 0 radical (unpaired) electrons. The van der Waals surface area contributed by atoms with Crippen molar-refractivity contribution >= 4 is 17.9 Å². The lowest BCUT2D eigenvalue weighted by Crippen LogP contribution is -2.57. The van der Waals surface area contributed by atoms with Gasteiger partial charge < -0.3 is 19.7 Å². The molecule has 11 heteroatoms. The number of anilines is 2. The molecular weight excluding hydrogens is 434 g/mol. The van der Waals surface area contributed by atoms with Gasteiger partial charge in [-0.3, -0.25) is 5.01 Å². The average molecular weight is 467 g/mol. The van der Waals surface area contributed by atoms with Crippen LogP contribution in [0.1, 0.15) is 53.4 Å². The van der Waals surface area contributed by atoms with E-state index in [2.05, 4.69) is 20.7 Å². The van der Waals surface area contributed by atoms with Gasteiger partial charge in [-0.15, -0.1) is 0 Å². The molecule has 0 bridgehead atoms. The van der Waals surface area contributed by atoms with E-state index in [0.717, 1.165) is 0 Å². The summed E-state index contributed by atoms with van der Waals surface area (Å²) in [7, 11) is 0. The monoisotopic (exact) mass is 466 g/mol. The summed E-state index contributed by atoms with van der Waals surface area (Å²) in [5, 5.41) is 4.97. The van der Waals surface area contributed by atoms with Crippen molar-refractivity contribution in [3.05, 3.63) is 18.3 Å². The first-order valence-corrected chi connectivity index (χ1v) is 11.4. The Labute approximate surface area is 192 Å². The Morgan fingerprint density at radius 3 is 2.55 bits per heavy atom. The number of carbonyl (C=O) groups is 1. The minimum atomic E-state index is -2.59. The lowest BCUT2D eigenvalue weighted by molar-refractivity contribution is -0.0361. The molecule has 1 atom stereocenters. The molecule has 1 saturated heterocycles. The van der Waals surface area contributed by atoms with Gasteiger partial charge in [-0.2, -0.15) is 9.97 Å². The van der Waals surface area contributed by atoms with Crippen molar-refractivity contribution in [2.24, 2.45) is 0 Å². The van der Waals surface area contributed by atoms with E-state index in [4.69, 9.17) is 9.47 Å². The van der Waals surface area contributed by atoms with Crippen molar-refractivity contribution in [1.29, 1.82) is 0 Å². The molecule has 2 N–H and O–H groups in total. The molecule has 0 aromatic carbocycles. The Hall–Kier alpha value is -2.69. The molecule has 1 aromatic heterocycles. The molecule has 182 valence electrons. The van der Waals surface area contributed by atoms with Crippen molar-refractivity contribution in [3.8, 4) is 5.88 Å². The standard InChI is InChI=1S/C22H32F2N6O3/c1-14-7-10-30(28-14)19-26-17(25-15-5-8-22(23,24)9-6-15)11-18(27-19)32-16-12-29(13-16)20(31)33-21(2,3)4/h7,10-11,14-16,28H,5-6,8-9,12-13H2,1-4H3,(H,25,26,27). The fourth-order valence-electron chi connectivity index (χ4n) is 3.85. The number of hydrazine groups is 1. The van der Waals surface area contributed by atoms with Gasteiger partial charge in [0.2, 0.25) is 17.8 Å². The molecule has 1 amide bonds. The molecule has 9 nitrogen and oxygen atoms in total. The molecule has 1 saturated carbocycles. The lowest BCUT2D eigenvalue weighted by atomic mass is 9.92. The third kappa shape index (κ3) is 6.21. The number of halogens is 2. The number of rotatable bonds is 5. The number of hydrogen-bond acceptors (Lipinski definition) is 8. The first-order valence-electron chi connectivity index (χ1n) is 11.4. The van der Waals surface area contributed by atoms with Crippen molar-refractivity contribution in [3.63, 3.8) is 0 Å². The van der Waals surface area contributed by atoms with E-state index in [9.17, 15) is 13.6 Å². The highest BCUT2D eigenvalue weighted by molar-refractivity contribution is 5.69. The predicted molar refractivity (Wildman–Crippen MR) is 119 cm³/mol. The SMILES string of the molecule is CC1C=CN(c2nc(NC3CCC(F)(F)CC3)cc(OC3CN(C(=O)OC(C)(C)C)C3)n2)N1. The highest BCUT2D eigenvalue weighted by Crippen LogP contribution is 2.34. The van der Waals surface area contributed by atoms with Gasteiger partial charge in [0.15, 0.2) is 0 Å². The number of carbonyl (C=O) groups excluding carboxylic acids is 1. The highest BCUT2D eigenvalue weighted by Gasteiger charge is 2.37. The maximum absolute atomic E-state index is 13.5. The number of aromatic nitrogens is 2. The Bertz CT molecular complexity index is 891. The maximum atomic E-state index is 13.5. The minimum Gasteiger partial charge on any atom is -0.470 e. The molecule has 33 heavy (non-hydrogen) atoms. The summed E-state index contributed by atoms with van der Waals surface area (Å²) in [6.45, 7) is 8.26. The molecule has 0 spiro atoms. The summed E-state index contributed by atoms with van der Waals surface area (Å²) in [5.41, 5.74) is 2.66. The first-order chi connectivity index (χ1) is 15.5. The normalized spacial score (nSPS) is 23.4. The molecule has 3 heterocycles. The maximum Gasteiger partial charge on any atom is 0.410 e. The zero-order chi connectivity index (χ0) is 23.8. The molecule has 4 rings (SSSR count). The second-order valence-electron chi connectivity index (χ2n) is 9.92. The fraction of sp³-hybridized carbons (Fsp3) is 0.682. The lowest BCUT2D eigenvalue weighted by Gasteiger charge is -2.39. The molecular formula is C22H32F2N6O3. The molecule has 1 aromatic rings. The van der Waals surface area contributed by atoms with Crippen LogP contribution < -0.4 is 20.5 Å². The third-order valence-corrected chi connectivity index (χ3v) is 5.63. The van der Waals surface area contributed by atoms with Gasteiger partial charge in [-0.25, -0.2) is 19.0 Å². The molecule has 1 unspecified atom stereocenters. The number of amides is 1. The van der Waals surface area contributed by atoms with E-state index >= 15 is 0 Å². The largest absolute Gasteiger partial charge is 0.470 e. The van der Waals surface area contributed by atoms with Gasteiger partial charge in [0.25, 0.3) is 0 Å². The second-order valence-corrected chi connectivity index (χ2v) is 9.92. The van der Waals surface area contributed by atoms with Crippen LogP contribution in [0.4, 0.5) is 25.3 Å². The molecule has 1 aliphatic carbocycles. The van der Waals surface area contributed by atoms with Gasteiger partial charge in [0.1, 0.15) is 17.5 Å². The molecule has 2 fully saturated rings. The zero-order valence-corrected chi connectivity index (χ0v) is 19.5. The smallest absolute Gasteiger partial charge is 0.410 e. The van der Waals surface area contributed by atoms with E-state index in [0.29, 0.717) is 43.6 Å². The van der Waals surface area contributed by atoms with Gasteiger partial charge in [-0.05, 0) is 46.6 Å². The Balaban J connectivity index is 1.42. The summed E-state index contributed by atoms with van der Waals surface area (Å²) in [6.07, 6.45) is 3.68. The van der Waals surface area contributed by atoms with Crippen LogP contribution in [0.5, 0.6) is 5.88 Å². The van der Waals surface area contributed by atoms with Crippen LogP contribution in [0.25, 0.3) is 0 Å². The fourth-order valence-corrected chi connectivity index (χ4v) is 3.85. The van der Waals surface area contributed by atoms with Gasteiger partial charge in [0.05, 0.1) is 13.1 Å². The Morgan fingerprint density at radius 2 is 1.94 bits per heavy atom. The second kappa shape index (κ2) is 8.92. The van der Waals surface area contributed by atoms with Crippen LogP contribution in [0.3, 0.4) is 0 Å². The van der Waals surface area contributed by atoms with Crippen LogP contribution in [-0.4, -0.2) is 63.8 Å². The van der Waals surface area contributed by atoms with E-state index < -0.39 is 11.5 Å². The van der Waals surface area contributed by atoms with Crippen LogP contribution in [-0.2, 0) is 4.74 Å². The summed E-state index contributed by atoms with van der Waals surface area (Å²) in [4.78, 5) is 22.8. The van der Waals surface area contributed by atoms with Crippen molar-refractivity contribution < 1.29 is 23.0 Å². The number of nitrogens with one attached hydrogen (secondary N) is 2. The quantitative estimate of drug-likeness (QED) is 0.679. The number of alkyl halides is 2. The van der Waals surface area contributed by atoms with Crippen LogP contribution in [0.2, 0.25) is 0 Å². The average Bonchev–Trinajstić information content (AvgIpc) is 3.11. The highest BCUT2D eigenvalue weighted by atomic mass is 19.3. The number of hydrogen-bond donors (Lipinski definition) is 2. The Morgan fingerprint density at radius 1 is 1.24 bits per heavy atom. The summed E-state index contributed by atoms with van der Waals surface area (Å²) in [5.74, 6) is -1.33. The Kier molecular flexibility index (Phi) is 6.35. The van der Waals surface area contributed by atoms with E-state index in [1.807, 2.05) is 40.0 Å². The summed E-state index contributed by atoms with van der Waals surface area (Å²) in [6, 6.07) is 1.71. The third-order valence-electron chi connectivity index (χ3n) is 5.63. The van der Waals surface area contributed by atoms with Crippen LogP contribution in [0, 0.1) is 0 Å². The number of ether oxygens (including phenoxy) is 2. The van der Waals surface area contributed by atoms with Crippen molar-refractivity contribution in [2.45, 2.75) is 83.1 Å². The molecule has 2 aliphatic heterocycles. The van der Waals surface area contributed by atoms with E-state index in [1.165, 1.54) is 0 Å². The van der Waals surface area contributed by atoms with E-state index in [1.54, 1.807) is 16.0 Å². The van der Waals surface area contributed by atoms with Gasteiger partial charge >= 0.3 is 6.09 Å². The topological polar surface area (TPSA) is 91.9 Å². The summed E-state index contributed by atoms with van der Waals surface area (Å²) < 4.78 is 38.4. The van der Waals surface area contributed by atoms with Crippen molar-refractivity contribution in [1.82, 2.24) is 20.3 Å². The van der Waals surface area contributed by atoms with Crippen LogP contribution >= 0.6 is 0 Å². The number of nitrogens with zero attached hydrogens (tertiary/aromatic N) is 4. The van der Waals surface area contributed by atoms with Crippen LogP contribution in [0.15, 0.2) is 18.3 Å². The first kappa shape index (κ1) is 23.5. The predicted octanol–water partition coefficient (Wildman–Crippen LogP) is 3.69. The minimum absolute atomic E-state index is 0.0902. The summed E-state index contributed by atoms with van der Waals surface area (Å²) >= 11 is 0. The van der Waals surface area contributed by atoms with Gasteiger partial charge in [-0.1, -0.05) is 0 Å². The number of likely N-dealkylation sites (tertiary alicyclic amines) is 1. The van der Waals surface area contributed by atoms with Gasteiger partial charge in [0, 0.05) is 37.2 Å².